The Hall–Kier alpha value is -1.40. The van der Waals surface area contributed by atoms with E-state index in [2.05, 4.69) is 27.3 Å². The van der Waals surface area contributed by atoms with Gasteiger partial charge in [0, 0.05) is 18.2 Å². The van der Waals surface area contributed by atoms with Crippen molar-refractivity contribution in [1.29, 1.82) is 0 Å². The first-order valence-electron chi connectivity index (χ1n) is 7.16. The fraction of sp³-hybridized carbons (Fsp3) is 0.643. The van der Waals surface area contributed by atoms with Gasteiger partial charge in [-0.1, -0.05) is 18.5 Å². The molecule has 0 unspecified atom stereocenters. The van der Waals surface area contributed by atoms with E-state index in [4.69, 9.17) is 16.3 Å². The van der Waals surface area contributed by atoms with Crippen molar-refractivity contribution < 1.29 is 9.53 Å². The molecule has 1 atom stereocenters. The molecular formula is C14H21ClN4O2. The van der Waals surface area contributed by atoms with Crippen LogP contribution >= 0.6 is 11.6 Å². The third-order valence-electron chi connectivity index (χ3n) is 3.84. The van der Waals surface area contributed by atoms with Gasteiger partial charge in [0.15, 0.2) is 11.0 Å². The van der Waals surface area contributed by atoms with E-state index in [1.807, 2.05) is 0 Å². The van der Waals surface area contributed by atoms with Gasteiger partial charge >= 0.3 is 5.97 Å². The van der Waals surface area contributed by atoms with E-state index in [0.29, 0.717) is 16.9 Å². The molecule has 2 heterocycles. The van der Waals surface area contributed by atoms with Gasteiger partial charge in [-0.2, -0.15) is 0 Å². The maximum atomic E-state index is 12.0. The summed E-state index contributed by atoms with van der Waals surface area (Å²) in [5, 5.41) is 11.5. The second-order valence-corrected chi connectivity index (χ2v) is 5.57. The lowest BCUT2D eigenvalue weighted by Gasteiger charge is -2.32. The highest BCUT2D eigenvalue weighted by Crippen LogP contribution is 2.24. The molecular weight excluding hydrogens is 292 g/mol. The molecule has 0 saturated carbocycles. The van der Waals surface area contributed by atoms with Crippen LogP contribution in [0.5, 0.6) is 0 Å². The summed E-state index contributed by atoms with van der Waals surface area (Å²) >= 11 is 5.96. The number of esters is 1. The molecule has 1 aliphatic rings. The van der Waals surface area contributed by atoms with E-state index in [0.717, 1.165) is 32.5 Å². The minimum absolute atomic E-state index is 0.222. The molecule has 1 aromatic rings. The number of methoxy groups -OCH3 is 1. The second-order valence-electron chi connectivity index (χ2n) is 5.21. The molecule has 1 aromatic heterocycles. The summed E-state index contributed by atoms with van der Waals surface area (Å²) in [4.78, 5) is 14.3. The van der Waals surface area contributed by atoms with Gasteiger partial charge in [0.2, 0.25) is 0 Å². The van der Waals surface area contributed by atoms with Crippen LogP contribution in [-0.2, 0) is 4.74 Å². The van der Waals surface area contributed by atoms with Crippen molar-refractivity contribution in [3.8, 4) is 0 Å². The highest BCUT2D eigenvalue weighted by molar-refractivity contribution is 6.30. The van der Waals surface area contributed by atoms with Crippen LogP contribution in [0.25, 0.3) is 0 Å². The SMILES string of the molecule is CCN1CCC[C@@H](Nc2nnc(Cl)c(C)c2C(=O)OC)C1. The van der Waals surface area contributed by atoms with Crippen LogP contribution in [0.3, 0.4) is 0 Å². The zero-order valence-corrected chi connectivity index (χ0v) is 13.4. The molecule has 2 rings (SSSR count). The first-order valence-corrected chi connectivity index (χ1v) is 7.54. The summed E-state index contributed by atoms with van der Waals surface area (Å²) in [6.45, 7) is 6.96. The zero-order valence-electron chi connectivity index (χ0n) is 12.6. The summed E-state index contributed by atoms with van der Waals surface area (Å²) in [5.74, 6) is 0.00154. The third kappa shape index (κ3) is 3.63. The van der Waals surface area contributed by atoms with Gasteiger partial charge in [0.05, 0.1) is 7.11 Å². The minimum Gasteiger partial charge on any atom is -0.465 e. The molecule has 0 aromatic carbocycles. The van der Waals surface area contributed by atoms with Gasteiger partial charge in [-0.05, 0) is 32.9 Å². The normalized spacial score (nSPS) is 19.3. The van der Waals surface area contributed by atoms with Crippen LogP contribution in [0.2, 0.25) is 5.15 Å². The Balaban J connectivity index is 2.23. The predicted octanol–water partition coefficient (Wildman–Crippen LogP) is 2.12. The van der Waals surface area contributed by atoms with Gasteiger partial charge in [0.25, 0.3) is 0 Å². The van der Waals surface area contributed by atoms with Crippen LogP contribution in [0.1, 0.15) is 35.7 Å². The first-order chi connectivity index (χ1) is 10.1. The van der Waals surface area contributed by atoms with Crippen molar-refractivity contribution in [1.82, 2.24) is 15.1 Å². The Bertz CT molecular complexity index is 524. The van der Waals surface area contributed by atoms with Crippen molar-refractivity contribution in [3.63, 3.8) is 0 Å². The van der Waals surface area contributed by atoms with Gasteiger partial charge in [0.1, 0.15) is 5.56 Å². The number of piperidine rings is 1. The number of hydrogen-bond donors (Lipinski definition) is 1. The van der Waals surface area contributed by atoms with Crippen LogP contribution in [0.4, 0.5) is 5.82 Å². The first kappa shape index (κ1) is 16.0. The fourth-order valence-corrected chi connectivity index (χ4v) is 2.74. The zero-order chi connectivity index (χ0) is 15.4. The number of rotatable bonds is 4. The van der Waals surface area contributed by atoms with Gasteiger partial charge in [-0.25, -0.2) is 4.79 Å². The Morgan fingerprint density at radius 2 is 2.29 bits per heavy atom. The fourth-order valence-electron chi connectivity index (χ4n) is 2.61. The maximum Gasteiger partial charge on any atom is 0.342 e. The number of halogens is 1. The molecule has 6 nitrogen and oxygen atoms in total. The smallest absolute Gasteiger partial charge is 0.342 e. The quantitative estimate of drug-likeness (QED) is 0.859. The Morgan fingerprint density at radius 1 is 1.52 bits per heavy atom. The van der Waals surface area contributed by atoms with E-state index in [9.17, 15) is 4.79 Å². The summed E-state index contributed by atoms with van der Waals surface area (Å²) in [6, 6.07) is 0.247. The second kappa shape index (κ2) is 7.04. The van der Waals surface area contributed by atoms with Gasteiger partial charge in [-0.15, -0.1) is 10.2 Å². The van der Waals surface area contributed by atoms with E-state index in [1.54, 1.807) is 6.92 Å². The van der Waals surface area contributed by atoms with Crippen LogP contribution < -0.4 is 5.32 Å². The molecule has 0 amide bonds. The van der Waals surface area contributed by atoms with Crippen LogP contribution in [0.15, 0.2) is 0 Å². The lowest BCUT2D eigenvalue weighted by molar-refractivity contribution is 0.0600. The van der Waals surface area contributed by atoms with Crippen molar-refractivity contribution >= 4 is 23.4 Å². The highest BCUT2D eigenvalue weighted by Gasteiger charge is 2.24. The number of ether oxygens (including phenoxy) is 1. The largest absolute Gasteiger partial charge is 0.465 e. The molecule has 0 radical (unpaired) electrons. The number of likely N-dealkylation sites (tertiary alicyclic amines) is 1. The monoisotopic (exact) mass is 312 g/mol. The number of likely N-dealkylation sites (N-methyl/N-ethyl adjacent to an activating group) is 1. The van der Waals surface area contributed by atoms with Gasteiger partial charge in [-0.3, -0.25) is 0 Å². The van der Waals surface area contributed by atoms with Crippen LogP contribution in [0, 0.1) is 6.92 Å². The molecule has 116 valence electrons. The molecule has 0 aliphatic carbocycles. The summed E-state index contributed by atoms with van der Waals surface area (Å²) in [6.07, 6.45) is 2.17. The number of hydrogen-bond acceptors (Lipinski definition) is 6. The number of carbonyl (C=O) groups excluding carboxylic acids is 1. The highest BCUT2D eigenvalue weighted by atomic mass is 35.5. The number of carbonyl (C=O) groups is 1. The Kier molecular flexibility index (Phi) is 5.36. The third-order valence-corrected chi connectivity index (χ3v) is 4.20. The molecule has 1 aliphatic heterocycles. The molecule has 1 N–H and O–H groups in total. The minimum atomic E-state index is -0.449. The lowest BCUT2D eigenvalue weighted by atomic mass is 10.0. The number of nitrogens with zero attached hydrogens (tertiary/aromatic N) is 3. The average molecular weight is 313 g/mol. The summed E-state index contributed by atoms with van der Waals surface area (Å²) in [5.41, 5.74) is 0.954. The Labute approximate surface area is 129 Å². The summed E-state index contributed by atoms with van der Waals surface area (Å²) in [7, 11) is 1.35. The summed E-state index contributed by atoms with van der Waals surface area (Å²) < 4.78 is 4.83. The molecule has 21 heavy (non-hydrogen) atoms. The van der Waals surface area contributed by atoms with Crippen molar-refractivity contribution in [2.45, 2.75) is 32.7 Å². The molecule has 7 heteroatoms. The number of anilines is 1. The van der Waals surface area contributed by atoms with E-state index < -0.39 is 5.97 Å². The molecule has 0 spiro atoms. The standard InChI is InChI=1S/C14H21ClN4O2/c1-4-19-7-5-6-10(8-19)16-13-11(14(20)21-3)9(2)12(15)17-18-13/h10H,4-8H2,1-3H3,(H,16,18)/t10-/m1/s1. The predicted molar refractivity (Wildman–Crippen MR) is 81.9 cm³/mol. The molecule has 0 bridgehead atoms. The van der Waals surface area contributed by atoms with E-state index >= 15 is 0 Å². The van der Waals surface area contributed by atoms with Crippen molar-refractivity contribution in [3.05, 3.63) is 16.3 Å². The molecule has 1 saturated heterocycles. The molecule has 1 fully saturated rings. The number of aromatic nitrogens is 2. The van der Waals surface area contributed by atoms with E-state index in [1.165, 1.54) is 7.11 Å². The maximum absolute atomic E-state index is 12.0. The number of nitrogens with one attached hydrogen (secondary N) is 1. The lowest BCUT2D eigenvalue weighted by Crippen LogP contribution is -2.42. The Morgan fingerprint density at radius 3 is 2.95 bits per heavy atom. The average Bonchev–Trinajstić information content (AvgIpc) is 2.51. The van der Waals surface area contributed by atoms with Crippen molar-refractivity contribution in [2.24, 2.45) is 0 Å². The van der Waals surface area contributed by atoms with Crippen LogP contribution in [-0.4, -0.2) is 53.9 Å². The van der Waals surface area contributed by atoms with Crippen molar-refractivity contribution in [2.75, 3.05) is 32.1 Å². The van der Waals surface area contributed by atoms with Gasteiger partial charge < -0.3 is 15.0 Å². The topological polar surface area (TPSA) is 67.3 Å². The van der Waals surface area contributed by atoms with E-state index in [-0.39, 0.29) is 11.2 Å².